The second-order valence-corrected chi connectivity index (χ2v) is 6.71. The number of nitrogens with one attached hydrogen (secondary N) is 1. The number of hydrogen-bond acceptors (Lipinski definition) is 4. The third kappa shape index (κ3) is 4.14. The number of carbonyl (C=O) groups is 1. The molecule has 0 saturated carbocycles. The molecule has 1 aromatic heterocycles. The van der Waals surface area contributed by atoms with Gasteiger partial charge in [-0.1, -0.05) is 49.4 Å². The number of amides is 1. The highest BCUT2D eigenvalue weighted by molar-refractivity contribution is 5.84. The largest absolute Gasteiger partial charge is 0.490 e. The van der Waals surface area contributed by atoms with Crippen molar-refractivity contribution in [3.63, 3.8) is 0 Å². The van der Waals surface area contributed by atoms with Gasteiger partial charge in [0.15, 0.2) is 11.3 Å². The van der Waals surface area contributed by atoms with Gasteiger partial charge in [0.1, 0.15) is 5.76 Å². The van der Waals surface area contributed by atoms with Crippen LogP contribution in [0.1, 0.15) is 44.2 Å². The Morgan fingerprint density at radius 3 is 2.59 bits per heavy atom. The van der Waals surface area contributed by atoms with Gasteiger partial charge in [-0.15, -0.1) is 0 Å². The van der Waals surface area contributed by atoms with Crippen LogP contribution < -0.4 is 15.8 Å². The molecule has 5 heteroatoms. The second-order valence-electron chi connectivity index (χ2n) is 6.71. The first kappa shape index (κ1) is 19.0. The summed E-state index contributed by atoms with van der Waals surface area (Å²) in [7, 11) is 0. The van der Waals surface area contributed by atoms with E-state index in [1.807, 2.05) is 75.4 Å². The summed E-state index contributed by atoms with van der Waals surface area (Å²) in [5, 5.41) is 3.96. The van der Waals surface area contributed by atoms with Crippen LogP contribution in [0.15, 0.2) is 59.0 Å². The first-order valence-corrected chi connectivity index (χ1v) is 9.27. The van der Waals surface area contributed by atoms with Gasteiger partial charge < -0.3 is 20.2 Å². The van der Waals surface area contributed by atoms with Crippen molar-refractivity contribution in [3.8, 4) is 5.75 Å². The normalized spacial score (nSPS) is 14.5. The van der Waals surface area contributed by atoms with E-state index < -0.39 is 0 Å². The zero-order valence-electron chi connectivity index (χ0n) is 15.9. The second kappa shape index (κ2) is 8.27. The smallest absolute Gasteiger partial charge is 0.225 e. The fourth-order valence-electron chi connectivity index (χ4n) is 3.08. The number of carbonyl (C=O) groups excluding carboxylic acids is 1. The summed E-state index contributed by atoms with van der Waals surface area (Å²) >= 11 is 0. The van der Waals surface area contributed by atoms with Crippen LogP contribution >= 0.6 is 0 Å². The van der Waals surface area contributed by atoms with Crippen LogP contribution in [0.5, 0.6) is 5.75 Å². The Morgan fingerprint density at radius 2 is 1.89 bits per heavy atom. The van der Waals surface area contributed by atoms with Gasteiger partial charge >= 0.3 is 0 Å². The number of fused-ring (bicyclic) bond motifs is 1. The minimum absolute atomic E-state index is 0.107. The summed E-state index contributed by atoms with van der Waals surface area (Å²) in [6.45, 7) is 6.24. The lowest BCUT2D eigenvalue weighted by atomic mass is 9.94. The molecule has 0 spiro atoms. The highest BCUT2D eigenvalue weighted by atomic mass is 16.5. The Morgan fingerprint density at radius 1 is 1.15 bits per heavy atom. The average molecular weight is 366 g/mol. The number of hydrogen-bond donors (Lipinski definition) is 2. The molecule has 3 unspecified atom stereocenters. The van der Waals surface area contributed by atoms with E-state index in [0.717, 1.165) is 10.9 Å². The quantitative estimate of drug-likeness (QED) is 0.652. The number of benzene rings is 2. The molecule has 1 heterocycles. The Kier molecular flexibility index (Phi) is 5.81. The lowest BCUT2D eigenvalue weighted by molar-refractivity contribution is -0.125. The minimum atomic E-state index is -0.363. The Labute approximate surface area is 159 Å². The molecule has 1 amide bonds. The van der Waals surface area contributed by atoms with Crippen LogP contribution in [0.3, 0.4) is 0 Å². The summed E-state index contributed by atoms with van der Waals surface area (Å²) in [6.07, 6.45) is 0. The highest BCUT2D eigenvalue weighted by Crippen LogP contribution is 2.31. The summed E-state index contributed by atoms with van der Waals surface area (Å²) in [5.41, 5.74) is 7.91. The summed E-state index contributed by atoms with van der Waals surface area (Å²) < 4.78 is 11.6. The fraction of sp³-hybridized carbons (Fsp3) is 0.318. The van der Waals surface area contributed by atoms with Crippen molar-refractivity contribution in [2.45, 2.75) is 32.9 Å². The van der Waals surface area contributed by atoms with Crippen molar-refractivity contribution >= 4 is 16.9 Å². The van der Waals surface area contributed by atoms with Crippen molar-refractivity contribution < 1.29 is 13.9 Å². The predicted octanol–water partition coefficient (Wildman–Crippen LogP) is 4.34. The first-order valence-electron chi connectivity index (χ1n) is 9.27. The molecular formula is C22H26N2O3. The Bertz CT molecular complexity index is 904. The SMILES string of the molecule is CCOc1cccc2cc(C(C)NC(=O)C(C)C(N)c3ccccc3)oc12. The minimum Gasteiger partial charge on any atom is -0.490 e. The summed E-state index contributed by atoms with van der Waals surface area (Å²) in [4.78, 5) is 12.7. The van der Waals surface area contributed by atoms with Crippen LogP contribution in [0.2, 0.25) is 0 Å². The molecule has 3 rings (SSSR count). The van der Waals surface area contributed by atoms with Crippen LogP contribution in [-0.4, -0.2) is 12.5 Å². The molecule has 0 aliphatic carbocycles. The number of ether oxygens (including phenoxy) is 1. The van der Waals surface area contributed by atoms with E-state index in [9.17, 15) is 4.79 Å². The highest BCUT2D eigenvalue weighted by Gasteiger charge is 2.24. The lowest BCUT2D eigenvalue weighted by Gasteiger charge is -2.21. The standard InChI is InChI=1S/C22H26N2O3/c1-4-26-18-12-8-11-17-13-19(27-21(17)18)15(3)24-22(25)14(2)20(23)16-9-6-5-7-10-16/h5-15,20H,4,23H2,1-3H3,(H,24,25). The molecule has 0 saturated heterocycles. The first-order chi connectivity index (χ1) is 13.0. The van der Waals surface area contributed by atoms with Gasteiger partial charge in [0.05, 0.1) is 18.6 Å². The van der Waals surface area contributed by atoms with Gasteiger partial charge in [-0.2, -0.15) is 0 Å². The molecule has 3 N–H and O–H groups in total. The lowest BCUT2D eigenvalue weighted by Crippen LogP contribution is -2.36. The Hall–Kier alpha value is -2.79. The van der Waals surface area contributed by atoms with Crippen molar-refractivity contribution in [2.24, 2.45) is 11.7 Å². The van der Waals surface area contributed by atoms with Gasteiger partial charge in [0.25, 0.3) is 0 Å². The predicted molar refractivity (Wildman–Crippen MR) is 106 cm³/mol. The number of furan rings is 1. The maximum absolute atomic E-state index is 12.7. The van der Waals surface area contributed by atoms with E-state index in [0.29, 0.717) is 23.7 Å². The molecule has 27 heavy (non-hydrogen) atoms. The van der Waals surface area contributed by atoms with Gasteiger partial charge in [0.2, 0.25) is 5.91 Å². The van der Waals surface area contributed by atoms with E-state index >= 15 is 0 Å². The number of nitrogens with two attached hydrogens (primary N) is 1. The average Bonchev–Trinajstić information content (AvgIpc) is 3.13. The molecule has 5 nitrogen and oxygen atoms in total. The fourth-order valence-corrected chi connectivity index (χ4v) is 3.08. The topological polar surface area (TPSA) is 77.5 Å². The molecule has 142 valence electrons. The zero-order chi connectivity index (χ0) is 19.4. The van der Waals surface area contributed by atoms with Gasteiger partial charge in [0, 0.05) is 11.4 Å². The third-order valence-corrected chi connectivity index (χ3v) is 4.75. The van der Waals surface area contributed by atoms with E-state index in [2.05, 4.69) is 5.32 Å². The van der Waals surface area contributed by atoms with E-state index in [1.54, 1.807) is 0 Å². The van der Waals surface area contributed by atoms with Gasteiger partial charge in [-0.25, -0.2) is 0 Å². The van der Waals surface area contributed by atoms with E-state index in [1.165, 1.54) is 0 Å². The van der Waals surface area contributed by atoms with Crippen LogP contribution in [0.4, 0.5) is 0 Å². The van der Waals surface area contributed by atoms with E-state index in [4.69, 9.17) is 14.9 Å². The van der Waals surface area contributed by atoms with Crippen molar-refractivity contribution in [3.05, 3.63) is 65.9 Å². The van der Waals surface area contributed by atoms with E-state index in [-0.39, 0.29) is 23.9 Å². The molecule has 0 aliphatic rings. The molecule has 0 fully saturated rings. The summed E-state index contributed by atoms with van der Waals surface area (Å²) in [6, 6.07) is 16.7. The molecule has 0 bridgehead atoms. The number of rotatable bonds is 7. The number of para-hydroxylation sites is 1. The Balaban J connectivity index is 1.73. The maximum Gasteiger partial charge on any atom is 0.225 e. The molecule has 3 aromatic rings. The van der Waals surface area contributed by atoms with Gasteiger partial charge in [-0.3, -0.25) is 4.79 Å². The van der Waals surface area contributed by atoms with Crippen molar-refractivity contribution in [2.75, 3.05) is 6.61 Å². The summed E-state index contributed by atoms with van der Waals surface area (Å²) in [5.74, 6) is 0.924. The molecular weight excluding hydrogens is 340 g/mol. The van der Waals surface area contributed by atoms with Crippen LogP contribution in [0, 0.1) is 5.92 Å². The third-order valence-electron chi connectivity index (χ3n) is 4.75. The molecule has 3 atom stereocenters. The van der Waals surface area contributed by atoms with Gasteiger partial charge in [-0.05, 0) is 31.5 Å². The molecule has 0 radical (unpaired) electrons. The monoisotopic (exact) mass is 366 g/mol. The zero-order valence-corrected chi connectivity index (χ0v) is 15.9. The van der Waals surface area contributed by atoms with Crippen molar-refractivity contribution in [1.29, 1.82) is 0 Å². The van der Waals surface area contributed by atoms with Crippen LogP contribution in [0.25, 0.3) is 11.0 Å². The maximum atomic E-state index is 12.7. The molecule has 2 aromatic carbocycles. The molecule has 0 aliphatic heterocycles. The van der Waals surface area contributed by atoms with Crippen LogP contribution in [-0.2, 0) is 4.79 Å². The van der Waals surface area contributed by atoms with Crippen molar-refractivity contribution in [1.82, 2.24) is 5.32 Å².